The Morgan fingerprint density at radius 2 is 2.55 bits per heavy atom. The Balaban J connectivity index is 2.10. The van der Waals surface area contributed by atoms with E-state index in [9.17, 15) is 4.79 Å². The summed E-state index contributed by atoms with van der Waals surface area (Å²) in [5, 5.41) is 8.80. The minimum atomic E-state index is -0.163. The lowest BCUT2D eigenvalue weighted by Gasteiger charge is -2.11. The molecule has 0 saturated carbocycles. The second-order valence-corrected chi connectivity index (χ2v) is 3.08. The van der Waals surface area contributed by atoms with Crippen molar-refractivity contribution in [3.8, 4) is 0 Å². The Morgan fingerprint density at radius 1 is 1.73 bits per heavy atom. The number of ether oxygens (including phenoxy) is 1. The summed E-state index contributed by atoms with van der Waals surface area (Å²) in [6.45, 7) is 1.04. The third-order valence-electron chi connectivity index (χ3n) is 2.39. The molecule has 2 fully saturated rings. The van der Waals surface area contributed by atoms with Crippen LogP contribution in [0.1, 0.15) is 6.42 Å². The number of hydrogen-bond acceptors (Lipinski definition) is 3. The summed E-state index contributed by atoms with van der Waals surface area (Å²) in [6, 6.07) is 0.236. The van der Waals surface area contributed by atoms with E-state index < -0.39 is 0 Å². The van der Waals surface area contributed by atoms with Gasteiger partial charge in [0.1, 0.15) is 6.73 Å². The summed E-state index contributed by atoms with van der Waals surface area (Å²) in [7, 11) is 0. The fourth-order valence-corrected chi connectivity index (χ4v) is 1.74. The van der Waals surface area contributed by atoms with Crippen LogP contribution in [-0.2, 0) is 9.53 Å². The van der Waals surface area contributed by atoms with E-state index in [0.717, 1.165) is 6.42 Å². The number of carbonyl (C=O) groups excluding carboxylic acids is 1. The number of aliphatic hydroxyl groups excluding tert-OH is 1. The molecule has 11 heavy (non-hydrogen) atoms. The van der Waals surface area contributed by atoms with Crippen LogP contribution in [0, 0.1) is 5.92 Å². The first-order valence-corrected chi connectivity index (χ1v) is 3.82. The van der Waals surface area contributed by atoms with E-state index in [1.54, 1.807) is 4.90 Å². The third kappa shape index (κ3) is 0.937. The summed E-state index contributed by atoms with van der Waals surface area (Å²) in [4.78, 5) is 13.0. The molecular formula is C7H11NO3. The smallest absolute Gasteiger partial charge is 0.230 e. The van der Waals surface area contributed by atoms with Crippen molar-refractivity contribution in [1.82, 2.24) is 4.90 Å². The van der Waals surface area contributed by atoms with E-state index in [4.69, 9.17) is 9.84 Å². The molecule has 2 atom stereocenters. The van der Waals surface area contributed by atoms with Gasteiger partial charge in [0.25, 0.3) is 0 Å². The highest BCUT2D eigenvalue weighted by Crippen LogP contribution is 2.27. The number of aliphatic hydroxyl groups is 1. The summed E-state index contributed by atoms with van der Waals surface area (Å²) < 4.78 is 5.10. The molecule has 2 unspecified atom stereocenters. The minimum absolute atomic E-state index is 0.0220. The summed E-state index contributed by atoms with van der Waals surface area (Å²) >= 11 is 0. The van der Waals surface area contributed by atoms with Gasteiger partial charge in [0, 0.05) is 0 Å². The molecule has 0 radical (unpaired) electrons. The molecule has 2 rings (SSSR count). The van der Waals surface area contributed by atoms with E-state index in [2.05, 4.69) is 0 Å². The largest absolute Gasteiger partial charge is 0.396 e. The molecule has 2 aliphatic rings. The molecule has 0 aromatic heterocycles. The second kappa shape index (κ2) is 2.46. The monoisotopic (exact) mass is 157 g/mol. The zero-order valence-electron chi connectivity index (χ0n) is 6.19. The van der Waals surface area contributed by atoms with Crippen molar-refractivity contribution >= 4 is 5.91 Å². The second-order valence-electron chi connectivity index (χ2n) is 3.08. The number of amides is 1. The molecule has 0 aromatic rings. The van der Waals surface area contributed by atoms with Crippen molar-refractivity contribution in [1.29, 1.82) is 0 Å². The molecule has 2 saturated heterocycles. The van der Waals surface area contributed by atoms with Crippen molar-refractivity contribution < 1.29 is 14.6 Å². The molecule has 2 heterocycles. The highest BCUT2D eigenvalue weighted by Gasteiger charge is 2.42. The molecule has 1 amide bonds. The van der Waals surface area contributed by atoms with Crippen LogP contribution >= 0.6 is 0 Å². The summed E-state index contributed by atoms with van der Waals surface area (Å²) in [5.41, 5.74) is 0. The lowest BCUT2D eigenvalue weighted by atomic mass is 10.1. The zero-order chi connectivity index (χ0) is 7.84. The van der Waals surface area contributed by atoms with Gasteiger partial charge in [-0.3, -0.25) is 4.79 Å². The molecule has 0 bridgehead atoms. The maximum Gasteiger partial charge on any atom is 0.230 e. The predicted octanol–water partition coefficient (Wildman–Crippen LogP) is -0.817. The van der Waals surface area contributed by atoms with E-state index in [1.807, 2.05) is 0 Å². The molecule has 0 spiro atoms. The van der Waals surface area contributed by atoms with Crippen molar-refractivity contribution in [2.75, 3.05) is 19.9 Å². The quantitative estimate of drug-likeness (QED) is 0.541. The van der Waals surface area contributed by atoms with Gasteiger partial charge >= 0.3 is 0 Å². The molecule has 0 aromatic carbocycles. The Labute approximate surface area is 64.7 Å². The van der Waals surface area contributed by atoms with Crippen LogP contribution < -0.4 is 0 Å². The van der Waals surface area contributed by atoms with Gasteiger partial charge in [0.15, 0.2) is 0 Å². The van der Waals surface area contributed by atoms with Gasteiger partial charge in [-0.2, -0.15) is 0 Å². The van der Waals surface area contributed by atoms with Crippen molar-refractivity contribution in [3.05, 3.63) is 0 Å². The Bertz CT molecular complexity index is 183. The van der Waals surface area contributed by atoms with E-state index >= 15 is 0 Å². The number of nitrogens with zero attached hydrogens (tertiary/aromatic N) is 1. The van der Waals surface area contributed by atoms with Gasteiger partial charge in [0.05, 0.1) is 25.2 Å². The van der Waals surface area contributed by atoms with Gasteiger partial charge in [-0.15, -0.1) is 0 Å². The van der Waals surface area contributed by atoms with E-state index in [-0.39, 0.29) is 24.5 Å². The molecule has 1 N–H and O–H groups in total. The maximum absolute atomic E-state index is 11.3. The molecule has 0 aliphatic carbocycles. The fraction of sp³-hybridized carbons (Fsp3) is 0.857. The molecular weight excluding hydrogens is 146 g/mol. The molecule has 4 heteroatoms. The predicted molar refractivity (Wildman–Crippen MR) is 36.6 cm³/mol. The van der Waals surface area contributed by atoms with Crippen LogP contribution in [0.4, 0.5) is 0 Å². The van der Waals surface area contributed by atoms with Crippen LogP contribution in [0.3, 0.4) is 0 Å². The Morgan fingerprint density at radius 3 is 3.18 bits per heavy atom. The lowest BCUT2D eigenvalue weighted by molar-refractivity contribution is -0.133. The average molecular weight is 157 g/mol. The van der Waals surface area contributed by atoms with Gasteiger partial charge in [-0.1, -0.05) is 0 Å². The van der Waals surface area contributed by atoms with Crippen molar-refractivity contribution in [2.24, 2.45) is 5.92 Å². The first-order valence-electron chi connectivity index (χ1n) is 3.82. The van der Waals surface area contributed by atoms with Crippen LogP contribution in [0.2, 0.25) is 0 Å². The molecule has 2 aliphatic heterocycles. The average Bonchev–Trinajstić information content (AvgIpc) is 2.53. The van der Waals surface area contributed by atoms with Crippen LogP contribution in [0.15, 0.2) is 0 Å². The van der Waals surface area contributed by atoms with Gasteiger partial charge in [0.2, 0.25) is 5.91 Å². The minimum Gasteiger partial charge on any atom is -0.396 e. The lowest BCUT2D eigenvalue weighted by Crippen LogP contribution is -2.29. The summed E-state index contributed by atoms with van der Waals surface area (Å²) in [6.07, 6.45) is 0.759. The van der Waals surface area contributed by atoms with Crippen LogP contribution in [-0.4, -0.2) is 41.9 Å². The number of rotatable bonds is 1. The van der Waals surface area contributed by atoms with Crippen LogP contribution in [0.5, 0.6) is 0 Å². The first-order chi connectivity index (χ1) is 5.33. The van der Waals surface area contributed by atoms with Gasteiger partial charge < -0.3 is 14.7 Å². The van der Waals surface area contributed by atoms with Gasteiger partial charge in [-0.05, 0) is 6.42 Å². The summed E-state index contributed by atoms with van der Waals surface area (Å²) in [5.74, 6) is -0.112. The fourth-order valence-electron chi connectivity index (χ4n) is 1.74. The normalized spacial score (nSPS) is 36.5. The highest BCUT2D eigenvalue weighted by atomic mass is 16.5. The van der Waals surface area contributed by atoms with Crippen molar-refractivity contribution in [2.45, 2.75) is 12.5 Å². The highest BCUT2D eigenvalue weighted by molar-refractivity contribution is 5.81. The number of fused-ring (bicyclic) bond motifs is 1. The van der Waals surface area contributed by atoms with Gasteiger partial charge in [-0.25, -0.2) is 0 Å². The molecule has 4 nitrogen and oxygen atoms in total. The maximum atomic E-state index is 11.3. The number of hydrogen-bond donors (Lipinski definition) is 1. The zero-order valence-corrected chi connectivity index (χ0v) is 6.19. The third-order valence-corrected chi connectivity index (χ3v) is 2.39. The van der Waals surface area contributed by atoms with Crippen molar-refractivity contribution in [3.63, 3.8) is 0 Å². The first kappa shape index (κ1) is 7.06. The SMILES string of the molecule is O=C1C(CO)CC2COCN12. The molecule has 62 valence electrons. The topological polar surface area (TPSA) is 49.8 Å². The van der Waals surface area contributed by atoms with Crippen LogP contribution in [0.25, 0.3) is 0 Å². The standard InChI is InChI=1S/C7H11NO3/c9-2-5-1-6-3-11-4-8(6)7(5)10/h5-6,9H,1-4H2. The van der Waals surface area contributed by atoms with E-state index in [1.165, 1.54) is 0 Å². The van der Waals surface area contributed by atoms with E-state index in [0.29, 0.717) is 13.3 Å². The number of carbonyl (C=O) groups is 1. The Hall–Kier alpha value is -0.610. The Kier molecular flexibility index (Phi) is 1.58.